The monoisotopic (exact) mass is 255 g/mol. The molecular weight excluding hydrogens is 246 g/mol. The number of benzene rings is 1. The van der Waals surface area contributed by atoms with Crippen LogP contribution in [-0.4, -0.2) is 6.54 Å². The minimum Gasteiger partial charge on any atom is -0.312 e. The summed E-state index contributed by atoms with van der Waals surface area (Å²) in [5.41, 5.74) is -0.0993. The van der Waals surface area contributed by atoms with Gasteiger partial charge in [0, 0.05) is 6.54 Å². The summed E-state index contributed by atoms with van der Waals surface area (Å²) in [4.78, 5) is 0. The second-order valence-corrected chi connectivity index (χ2v) is 3.52. The number of halogens is 5. The van der Waals surface area contributed by atoms with Crippen molar-refractivity contribution in [3.05, 3.63) is 34.6 Å². The highest BCUT2D eigenvalue weighted by molar-refractivity contribution is 5.85. The third kappa shape index (κ3) is 2.47. The van der Waals surface area contributed by atoms with Gasteiger partial charge in [0.1, 0.15) is 5.82 Å². The van der Waals surface area contributed by atoms with Crippen LogP contribution in [0.3, 0.4) is 0 Å². The van der Waals surface area contributed by atoms with Crippen molar-refractivity contribution in [2.45, 2.75) is 19.1 Å². The topological polar surface area (TPSA) is 12.0 Å². The minimum absolute atomic E-state index is 0. The van der Waals surface area contributed by atoms with Crippen molar-refractivity contribution < 1.29 is 17.6 Å². The predicted molar refractivity (Wildman–Crippen MR) is 54.1 cm³/mol. The van der Waals surface area contributed by atoms with Crippen LogP contribution < -0.4 is 5.32 Å². The molecule has 6 heteroatoms. The van der Waals surface area contributed by atoms with E-state index in [1.165, 1.54) is 0 Å². The van der Waals surface area contributed by atoms with Gasteiger partial charge in [-0.2, -0.15) is 13.2 Å². The lowest BCUT2D eigenvalue weighted by Crippen LogP contribution is -2.25. The fourth-order valence-electron chi connectivity index (χ4n) is 1.73. The lowest BCUT2D eigenvalue weighted by molar-refractivity contribution is -0.137. The summed E-state index contributed by atoms with van der Waals surface area (Å²) in [5, 5.41) is 2.91. The first-order valence-corrected chi connectivity index (χ1v) is 4.57. The molecule has 0 atom stereocenters. The third-order valence-electron chi connectivity index (χ3n) is 2.48. The van der Waals surface area contributed by atoms with Crippen molar-refractivity contribution in [3.63, 3.8) is 0 Å². The van der Waals surface area contributed by atoms with Gasteiger partial charge < -0.3 is 5.32 Å². The predicted octanol–water partition coefficient (Wildman–Crippen LogP) is 2.91. The molecule has 0 aromatic heterocycles. The van der Waals surface area contributed by atoms with Crippen molar-refractivity contribution >= 4 is 12.4 Å². The quantitative estimate of drug-likeness (QED) is 0.703. The Balaban J connectivity index is 0.00000128. The molecule has 1 heterocycles. The molecule has 2 rings (SSSR count). The van der Waals surface area contributed by atoms with Crippen LogP contribution in [-0.2, 0) is 19.1 Å². The Hall–Kier alpha value is -0.810. The van der Waals surface area contributed by atoms with E-state index >= 15 is 0 Å². The maximum absolute atomic E-state index is 13.3. The molecule has 1 aliphatic heterocycles. The Morgan fingerprint density at radius 2 is 1.88 bits per heavy atom. The molecule has 0 radical (unpaired) electrons. The SMILES string of the molecule is Cl.Fc1cc(C(F)(F)F)cc2c1CCNC2. The van der Waals surface area contributed by atoms with Crippen LogP contribution in [0.4, 0.5) is 17.6 Å². The molecule has 90 valence electrons. The van der Waals surface area contributed by atoms with Gasteiger partial charge in [-0.25, -0.2) is 4.39 Å². The first kappa shape index (κ1) is 13.3. The summed E-state index contributed by atoms with van der Waals surface area (Å²) in [6, 6.07) is 1.59. The summed E-state index contributed by atoms with van der Waals surface area (Å²) in [6.07, 6.45) is -4.04. The largest absolute Gasteiger partial charge is 0.416 e. The van der Waals surface area contributed by atoms with Gasteiger partial charge >= 0.3 is 6.18 Å². The number of alkyl halides is 3. The minimum atomic E-state index is -4.48. The summed E-state index contributed by atoms with van der Waals surface area (Å²) >= 11 is 0. The van der Waals surface area contributed by atoms with Crippen molar-refractivity contribution in [2.75, 3.05) is 6.54 Å². The molecule has 1 aromatic carbocycles. The molecule has 0 saturated heterocycles. The van der Waals surface area contributed by atoms with Crippen LogP contribution in [0.5, 0.6) is 0 Å². The van der Waals surface area contributed by atoms with Gasteiger partial charge in [0.25, 0.3) is 0 Å². The van der Waals surface area contributed by atoms with Crippen LogP contribution in [0.25, 0.3) is 0 Å². The van der Waals surface area contributed by atoms with Crippen molar-refractivity contribution in [3.8, 4) is 0 Å². The van der Waals surface area contributed by atoms with Crippen molar-refractivity contribution in [1.29, 1.82) is 0 Å². The van der Waals surface area contributed by atoms with E-state index in [-0.39, 0.29) is 12.4 Å². The second kappa shape index (κ2) is 4.59. The van der Waals surface area contributed by atoms with Gasteiger partial charge in [-0.3, -0.25) is 0 Å². The van der Waals surface area contributed by atoms with Crippen LogP contribution >= 0.6 is 12.4 Å². The van der Waals surface area contributed by atoms with Crippen molar-refractivity contribution in [2.24, 2.45) is 0 Å². The first-order valence-electron chi connectivity index (χ1n) is 4.57. The van der Waals surface area contributed by atoms with Crippen LogP contribution in [0.2, 0.25) is 0 Å². The maximum atomic E-state index is 13.3. The van der Waals surface area contributed by atoms with Gasteiger partial charge in [0.05, 0.1) is 5.56 Å². The second-order valence-electron chi connectivity index (χ2n) is 3.52. The van der Waals surface area contributed by atoms with Gasteiger partial charge in [0.15, 0.2) is 0 Å². The zero-order valence-corrected chi connectivity index (χ0v) is 9.01. The van der Waals surface area contributed by atoms with E-state index in [1.807, 2.05) is 0 Å². The van der Waals surface area contributed by atoms with E-state index < -0.39 is 17.6 Å². The Morgan fingerprint density at radius 3 is 2.50 bits per heavy atom. The van der Waals surface area contributed by atoms with E-state index in [1.54, 1.807) is 0 Å². The van der Waals surface area contributed by atoms with E-state index in [4.69, 9.17) is 0 Å². The first-order chi connectivity index (χ1) is 6.98. The van der Waals surface area contributed by atoms with Gasteiger partial charge in [-0.1, -0.05) is 0 Å². The number of fused-ring (bicyclic) bond motifs is 1. The molecule has 0 bridgehead atoms. The number of nitrogens with one attached hydrogen (secondary N) is 1. The molecule has 0 aliphatic carbocycles. The Labute approximate surface area is 96.3 Å². The average Bonchev–Trinajstić information content (AvgIpc) is 2.16. The molecule has 1 aliphatic rings. The Bertz CT molecular complexity index is 389. The Kier molecular flexibility index (Phi) is 3.80. The zero-order valence-electron chi connectivity index (χ0n) is 8.20. The molecule has 0 fully saturated rings. The van der Waals surface area contributed by atoms with E-state index in [2.05, 4.69) is 5.32 Å². The summed E-state index contributed by atoms with van der Waals surface area (Å²) in [5.74, 6) is -0.749. The normalized spacial score (nSPS) is 15.2. The smallest absolute Gasteiger partial charge is 0.312 e. The lowest BCUT2D eigenvalue weighted by Gasteiger charge is -2.19. The molecule has 16 heavy (non-hydrogen) atoms. The molecular formula is C10H10ClF4N. The summed E-state index contributed by atoms with van der Waals surface area (Å²) in [7, 11) is 0. The maximum Gasteiger partial charge on any atom is 0.416 e. The van der Waals surface area contributed by atoms with Gasteiger partial charge in [-0.15, -0.1) is 12.4 Å². The standard InChI is InChI=1S/C10H9F4N.ClH/c11-9-4-7(10(12,13)14)3-6-5-15-2-1-8(6)9;/h3-4,15H,1-2,5H2;1H. The molecule has 1 N–H and O–H groups in total. The van der Waals surface area contributed by atoms with E-state index in [0.29, 0.717) is 36.7 Å². The molecule has 0 spiro atoms. The highest BCUT2D eigenvalue weighted by Gasteiger charge is 2.32. The fourth-order valence-corrected chi connectivity index (χ4v) is 1.73. The Morgan fingerprint density at radius 1 is 1.19 bits per heavy atom. The van der Waals surface area contributed by atoms with Gasteiger partial charge in [-0.05, 0) is 36.2 Å². The van der Waals surface area contributed by atoms with Crippen LogP contribution in [0.15, 0.2) is 12.1 Å². The van der Waals surface area contributed by atoms with E-state index in [9.17, 15) is 17.6 Å². The molecule has 1 nitrogen and oxygen atoms in total. The lowest BCUT2D eigenvalue weighted by atomic mass is 9.97. The number of hydrogen-bond acceptors (Lipinski definition) is 1. The molecule has 0 saturated carbocycles. The zero-order chi connectivity index (χ0) is 11.1. The number of hydrogen-bond donors (Lipinski definition) is 1. The van der Waals surface area contributed by atoms with Crippen molar-refractivity contribution in [1.82, 2.24) is 5.32 Å². The van der Waals surface area contributed by atoms with Crippen LogP contribution in [0, 0.1) is 5.82 Å². The molecule has 0 amide bonds. The molecule has 0 unspecified atom stereocenters. The van der Waals surface area contributed by atoms with Gasteiger partial charge in [0.2, 0.25) is 0 Å². The molecule has 1 aromatic rings. The third-order valence-corrected chi connectivity index (χ3v) is 2.48. The van der Waals surface area contributed by atoms with E-state index in [0.717, 1.165) is 6.07 Å². The summed E-state index contributed by atoms with van der Waals surface area (Å²) < 4.78 is 50.4. The summed E-state index contributed by atoms with van der Waals surface area (Å²) in [6.45, 7) is 0.908. The van der Waals surface area contributed by atoms with Crippen LogP contribution in [0.1, 0.15) is 16.7 Å². The fraction of sp³-hybridized carbons (Fsp3) is 0.400. The highest BCUT2D eigenvalue weighted by atomic mass is 35.5. The average molecular weight is 256 g/mol. The highest BCUT2D eigenvalue weighted by Crippen LogP contribution is 2.32. The number of rotatable bonds is 0.